The van der Waals surface area contributed by atoms with Crippen molar-refractivity contribution >= 4 is 0 Å². The van der Waals surface area contributed by atoms with E-state index in [0.717, 1.165) is 13.1 Å². The van der Waals surface area contributed by atoms with Crippen molar-refractivity contribution in [3.63, 3.8) is 0 Å². The Balaban J connectivity index is 1.72. The van der Waals surface area contributed by atoms with Crippen molar-refractivity contribution in [3.8, 4) is 0 Å². The van der Waals surface area contributed by atoms with Gasteiger partial charge in [0.25, 0.3) is 0 Å². The number of hydrogen-bond acceptors (Lipinski definition) is 2. The number of halogens is 3. The summed E-state index contributed by atoms with van der Waals surface area (Å²) in [6.07, 6.45) is 0.320. The van der Waals surface area contributed by atoms with Gasteiger partial charge in [0.1, 0.15) is 0 Å². The van der Waals surface area contributed by atoms with Gasteiger partial charge >= 0.3 is 6.18 Å². The molecule has 2 nitrogen and oxygen atoms in total. The van der Waals surface area contributed by atoms with Gasteiger partial charge < -0.3 is 10.2 Å². The van der Waals surface area contributed by atoms with E-state index in [4.69, 9.17) is 0 Å². The monoisotopic (exact) mass is 292 g/mol. The molecule has 1 saturated carbocycles. The zero-order chi connectivity index (χ0) is 14.8. The van der Waals surface area contributed by atoms with Gasteiger partial charge in [-0.05, 0) is 71.5 Å². The Morgan fingerprint density at radius 3 is 2.05 bits per heavy atom. The molecular formula is C15H27F3N2. The van der Waals surface area contributed by atoms with Gasteiger partial charge in [0, 0.05) is 12.1 Å². The number of piperidine rings is 1. The second-order valence-electron chi connectivity index (χ2n) is 6.69. The maximum Gasteiger partial charge on any atom is 0.391 e. The average molecular weight is 292 g/mol. The molecule has 0 aromatic heterocycles. The van der Waals surface area contributed by atoms with Crippen molar-refractivity contribution in [1.29, 1.82) is 0 Å². The summed E-state index contributed by atoms with van der Waals surface area (Å²) in [5.74, 6) is -0.397. The molecule has 1 aliphatic heterocycles. The second kappa shape index (κ2) is 6.65. The molecule has 2 rings (SSSR count). The SMILES string of the molecule is CC(NC1CCC(C(F)(F)F)CC1)C1CCN(C)CC1. The van der Waals surface area contributed by atoms with Gasteiger partial charge in [-0.2, -0.15) is 13.2 Å². The van der Waals surface area contributed by atoms with Gasteiger partial charge in [-0.3, -0.25) is 0 Å². The third-order valence-corrected chi connectivity index (χ3v) is 5.16. The summed E-state index contributed by atoms with van der Waals surface area (Å²) >= 11 is 0. The molecule has 0 amide bonds. The molecule has 2 fully saturated rings. The first-order valence-electron chi connectivity index (χ1n) is 7.87. The minimum atomic E-state index is -4.00. The highest BCUT2D eigenvalue weighted by Gasteiger charge is 2.41. The minimum absolute atomic E-state index is 0.281. The highest BCUT2D eigenvalue weighted by Crippen LogP contribution is 2.37. The number of likely N-dealkylation sites (tertiary alicyclic amines) is 1. The molecule has 1 heterocycles. The van der Waals surface area contributed by atoms with E-state index in [1.807, 2.05) is 0 Å². The van der Waals surface area contributed by atoms with Crippen LogP contribution in [0.3, 0.4) is 0 Å². The summed E-state index contributed by atoms with van der Waals surface area (Å²) in [5.41, 5.74) is 0. The second-order valence-corrected chi connectivity index (χ2v) is 6.69. The molecular weight excluding hydrogens is 265 g/mol. The van der Waals surface area contributed by atoms with E-state index in [2.05, 4.69) is 24.2 Å². The molecule has 5 heteroatoms. The van der Waals surface area contributed by atoms with Crippen LogP contribution in [0, 0.1) is 11.8 Å². The molecule has 0 spiro atoms. The number of nitrogens with zero attached hydrogens (tertiary/aromatic N) is 1. The van der Waals surface area contributed by atoms with Gasteiger partial charge in [-0.25, -0.2) is 0 Å². The third-order valence-electron chi connectivity index (χ3n) is 5.16. The normalized spacial score (nSPS) is 32.2. The Morgan fingerprint density at radius 1 is 1.00 bits per heavy atom. The lowest BCUT2D eigenvalue weighted by atomic mass is 9.84. The van der Waals surface area contributed by atoms with Gasteiger partial charge in [0.05, 0.1) is 5.92 Å². The third kappa shape index (κ3) is 4.35. The van der Waals surface area contributed by atoms with Crippen molar-refractivity contribution in [2.75, 3.05) is 20.1 Å². The lowest BCUT2D eigenvalue weighted by Gasteiger charge is -2.37. The predicted octanol–water partition coefficient (Wildman–Crippen LogP) is 3.43. The van der Waals surface area contributed by atoms with Crippen molar-refractivity contribution in [3.05, 3.63) is 0 Å². The van der Waals surface area contributed by atoms with Crippen LogP contribution >= 0.6 is 0 Å². The first-order valence-corrected chi connectivity index (χ1v) is 7.87. The summed E-state index contributed by atoms with van der Waals surface area (Å²) in [6.45, 7) is 4.47. The molecule has 20 heavy (non-hydrogen) atoms. The van der Waals surface area contributed by atoms with Crippen LogP contribution in [-0.2, 0) is 0 Å². The quantitative estimate of drug-likeness (QED) is 0.857. The van der Waals surface area contributed by atoms with E-state index in [1.165, 1.54) is 12.8 Å². The Hall–Kier alpha value is -0.290. The van der Waals surface area contributed by atoms with Crippen LogP contribution in [-0.4, -0.2) is 43.3 Å². The van der Waals surface area contributed by atoms with Crippen molar-refractivity contribution in [2.24, 2.45) is 11.8 Å². The van der Waals surface area contributed by atoms with E-state index in [9.17, 15) is 13.2 Å². The largest absolute Gasteiger partial charge is 0.391 e. The highest BCUT2D eigenvalue weighted by molar-refractivity contribution is 4.85. The molecule has 0 radical (unpaired) electrons. The van der Waals surface area contributed by atoms with Gasteiger partial charge in [-0.1, -0.05) is 0 Å². The van der Waals surface area contributed by atoms with Crippen LogP contribution in [0.2, 0.25) is 0 Å². The van der Waals surface area contributed by atoms with Crippen molar-refractivity contribution in [2.45, 2.75) is 63.7 Å². The van der Waals surface area contributed by atoms with Gasteiger partial charge in [-0.15, -0.1) is 0 Å². The molecule has 1 atom stereocenters. The Labute approximate surface area is 120 Å². The van der Waals surface area contributed by atoms with E-state index >= 15 is 0 Å². The fraction of sp³-hybridized carbons (Fsp3) is 1.00. The maximum absolute atomic E-state index is 12.6. The van der Waals surface area contributed by atoms with Crippen LogP contribution in [0.15, 0.2) is 0 Å². The van der Waals surface area contributed by atoms with E-state index in [1.54, 1.807) is 0 Å². The topological polar surface area (TPSA) is 15.3 Å². The maximum atomic E-state index is 12.6. The van der Waals surface area contributed by atoms with Crippen LogP contribution < -0.4 is 5.32 Å². The zero-order valence-electron chi connectivity index (χ0n) is 12.5. The first-order chi connectivity index (χ1) is 9.36. The van der Waals surface area contributed by atoms with Crippen LogP contribution in [0.25, 0.3) is 0 Å². The van der Waals surface area contributed by atoms with E-state index in [0.29, 0.717) is 37.6 Å². The molecule has 1 unspecified atom stereocenters. The molecule has 0 aromatic rings. The van der Waals surface area contributed by atoms with E-state index < -0.39 is 12.1 Å². The molecule has 1 N–H and O–H groups in total. The number of hydrogen-bond donors (Lipinski definition) is 1. The average Bonchev–Trinajstić information content (AvgIpc) is 2.39. The fourth-order valence-electron chi connectivity index (χ4n) is 3.62. The highest BCUT2D eigenvalue weighted by atomic mass is 19.4. The molecule has 0 bridgehead atoms. The van der Waals surface area contributed by atoms with Crippen LogP contribution in [0.4, 0.5) is 13.2 Å². The zero-order valence-corrected chi connectivity index (χ0v) is 12.5. The number of alkyl halides is 3. The lowest BCUT2D eigenvalue weighted by Crippen LogP contribution is -2.46. The van der Waals surface area contributed by atoms with Crippen molar-refractivity contribution < 1.29 is 13.2 Å². The van der Waals surface area contributed by atoms with E-state index in [-0.39, 0.29) is 6.04 Å². The Bertz CT molecular complexity index is 290. The number of nitrogens with one attached hydrogen (secondary N) is 1. The van der Waals surface area contributed by atoms with Crippen LogP contribution in [0.5, 0.6) is 0 Å². The van der Waals surface area contributed by atoms with Crippen molar-refractivity contribution in [1.82, 2.24) is 10.2 Å². The van der Waals surface area contributed by atoms with Gasteiger partial charge in [0.2, 0.25) is 0 Å². The van der Waals surface area contributed by atoms with Gasteiger partial charge in [0.15, 0.2) is 0 Å². The summed E-state index contributed by atoms with van der Waals surface area (Å²) in [5, 5.41) is 3.59. The van der Waals surface area contributed by atoms with Crippen LogP contribution in [0.1, 0.15) is 45.4 Å². The Morgan fingerprint density at radius 2 is 1.55 bits per heavy atom. The summed E-state index contributed by atoms with van der Waals surface area (Å²) < 4.78 is 37.9. The summed E-state index contributed by atoms with van der Waals surface area (Å²) in [4.78, 5) is 2.34. The minimum Gasteiger partial charge on any atom is -0.311 e. The molecule has 0 aromatic carbocycles. The fourth-order valence-corrected chi connectivity index (χ4v) is 3.62. The standard InChI is InChI=1S/C15H27F3N2/c1-11(12-7-9-20(2)10-8-12)19-14-5-3-13(4-6-14)15(16,17)18/h11-14,19H,3-10H2,1-2H3. The summed E-state index contributed by atoms with van der Waals surface area (Å²) in [6, 6.07) is 0.708. The Kier molecular flexibility index (Phi) is 5.35. The first kappa shape index (κ1) is 16.1. The molecule has 1 saturated heterocycles. The number of rotatable bonds is 3. The smallest absolute Gasteiger partial charge is 0.311 e. The molecule has 1 aliphatic carbocycles. The predicted molar refractivity (Wildman–Crippen MR) is 74.6 cm³/mol. The summed E-state index contributed by atoms with van der Waals surface area (Å²) in [7, 11) is 2.15. The lowest BCUT2D eigenvalue weighted by molar-refractivity contribution is -0.182. The molecule has 2 aliphatic rings. The molecule has 118 valence electrons.